The predicted molar refractivity (Wildman–Crippen MR) is 100 cm³/mol. The Balaban J connectivity index is 1.99. The summed E-state index contributed by atoms with van der Waals surface area (Å²) < 4.78 is 33.1. The van der Waals surface area contributed by atoms with Crippen LogP contribution >= 0.6 is 0 Å². The zero-order valence-corrected chi connectivity index (χ0v) is 15.2. The van der Waals surface area contributed by atoms with Crippen LogP contribution in [0.2, 0.25) is 0 Å². The summed E-state index contributed by atoms with van der Waals surface area (Å²) in [7, 11) is 0. The molecule has 0 spiro atoms. The fourth-order valence-electron chi connectivity index (χ4n) is 3.08. The number of anilines is 1. The zero-order chi connectivity index (χ0) is 20.5. The summed E-state index contributed by atoms with van der Waals surface area (Å²) in [4.78, 5) is 20.2. The van der Waals surface area contributed by atoms with Gasteiger partial charge in [-0.05, 0) is 37.3 Å². The summed E-state index contributed by atoms with van der Waals surface area (Å²) in [6.07, 6.45) is 6.28. The van der Waals surface area contributed by atoms with Crippen molar-refractivity contribution in [1.82, 2.24) is 4.98 Å². The van der Waals surface area contributed by atoms with E-state index in [2.05, 4.69) is 21.2 Å². The topological polar surface area (TPSA) is 89.6 Å². The van der Waals surface area contributed by atoms with Gasteiger partial charge in [0.15, 0.2) is 5.54 Å². The van der Waals surface area contributed by atoms with Gasteiger partial charge in [-0.15, -0.1) is 6.42 Å². The van der Waals surface area contributed by atoms with Crippen molar-refractivity contribution in [3.63, 3.8) is 0 Å². The van der Waals surface area contributed by atoms with Crippen LogP contribution in [0.15, 0.2) is 41.5 Å². The molecular formula is C20H18F2N4O2. The van der Waals surface area contributed by atoms with E-state index < -0.39 is 29.2 Å². The zero-order valence-electron chi connectivity index (χ0n) is 15.2. The largest absolute Gasteiger partial charge is 0.462 e. The van der Waals surface area contributed by atoms with E-state index >= 15 is 0 Å². The van der Waals surface area contributed by atoms with E-state index in [1.807, 2.05) is 0 Å². The lowest BCUT2D eigenvalue weighted by Crippen LogP contribution is -2.46. The number of amides is 1. The molecule has 144 valence electrons. The highest BCUT2D eigenvalue weighted by atomic mass is 19.1. The number of nitrogens with zero attached hydrogens (tertiary/aromatic N) is 2. The SMILES string of the molecule is C#C[C@]1(c2cc(NC(=O)c3ccc(F)cn3)ccc2F)N=C(N)O[C@H](C)[C@@H]1C. The first-order valence-electron chi connectivity index (χ1n) is 8.49. The van der Waals surface area contributed by atoms with Gasteiger partial charge in [0, 0.05) is 17.2 Å². The summed E-state index contributed by atoms with van der Waals surface area (Å²) in [5, 5.41) is 2.59. The number of aromatic nitrogens is 1. The van der Waals surface area contributed by atoms with Gasteiger partial charge in [0.25, 0.3) is 11.9 Å². The molecule has 3 atom stereocenters. The van der Waals surface area contributed by atoms with Gasteiger partial charge in [0.05, 0.1) is 6.20 Å². The summed E-state index contributed by atoms with van der Waals surface area (Å²) in [6, 6.07) is 6.19. The van der Waals surface area contributed by atoms with E-state index in [-0.39, 0.29) is 28.9 Å². The van der Waals surface area contributed by atoms with E-state index in [1.165, 1.54) is 24.3 Å². The van der Waals surface area contributed by atoms with E-state index in [1.54, 1.807) is 13.8 Å². The predicted octanol–water partition coefficient (Wildman–Crippen LogP) is 2.81. The lowest BCUT2D eigenvalue weighted by Gasteiger charge is -2.39. The fraction of sp³-hybridized carbons (Fsp3) is 0.250. The normalized spacial score (nSPS) is 23.9. The standard InChI is InChI=1S/C20H18F2N4O2/c1-4-20(11(2)12(3)28-19(23)26-20)15-9-14(6-7-16(15)22)25-18(27)17-8-5-13(21)10-24-17/h1,5-12H,2-3H3,(H2,23,26)(H,25,27)/t11-,12+,20-/m0/s1. The molecular weight excluding hydrogens is 366 g/mol. The van der Waals surface area contributed by atoms with E-state index in [9.17, 15) is 13.6 Å². The summed E-state index contributed by atoms with van der Waals surface area (Å²) in [6.45, 7) is 3.55. The molecule has 28 heavy (non-hydrogen) atoms. The van der Waals surface area contributed by atoms with Gasteiger partial charge >= 0.3 is 0 Å². The first-order chi connectivity index (χ1) is 13.3. The van der Waals surface area contributed by atoms with Crippen LogP contribution in [-0.2, 0) is 10.3 Å². The van der Waals surface area contributed by atoms with Gasteiger partial charge in [-0.3, -0.25) is 4.79 Å². The lowest BCUT2D eigenvalue weighted by atomic mass is 9.76. The van der Waals surface area contributed by atoms with Crippen LogP contribution in [0.3, 0.4) is 0 Å². The van der Waals surface area contributed by atoms with Crippen LogP contribution < -0.4 is 11.1 Å². The molecule has 8 heteroatoms. The number of hydrogen-bond donors (Lipinski definition) is 2. The van der Waals surface area contributed by atoms with E-state index in [0.29, 0.717) is 0 Å². The minimum absolute atomic E-state index is 0.00857. The second-order valence-corrected chi connectivity index (χ2v) is 6.48. The molecule has 0 bridgehead atoms. The Morgan fingerprint density at radius 3 is 2.71 bits per heavy atom. The molecule has 0 saturated carbocycles. The van der Waals surface area contributed by atoms with Crippen molar-refractivity contribution in [3.05, 3.63) is 59.4 Å². The van der Waals surface area contributed by atoms with Gasteiger partial charge in [-0.1, -0.05) is 12.8 Å². The number of nitrogens with one attached hydrogen (secondary N) is 1. The van der Waals surface area contributed by atoms with Gasteiger partial charge in [0.2, 0.25) is 0 Å². The van der Waals surface area contributed by atoms with Crippen LogP contribution in [0.1, 0.15) is 29.9 Å². The number of aliphatic imine (C=N–C) groups is 1. The molecule has 0 unspecified atom stereocenters. The lowest BCUT2D eigenvalue weighted by molar-refractivity contribution is 0.0852. The first kappa shape index (κ1) is 19.3. The van der Waals surface area contributed by atoms with Gasteiger partial charge in [-0.25, -0.2) is 18.8 Å². The third kappa shape index (κ3) is 3.39. The molecule has 0 aliphatic carbocycles. The number of benzene rings is 1. The van der Waals surface area contributed by atoms with Crippen LogP contribution in [-0.4, -0.2) is 23.0 Å². The minimum atomic E-state index is -1.39. The van der Waals surface area contributed by atoms with Crippen LogP contribution in [0.5, 0.6) is 0 Å². The maximum absolute atomic E-state index is 14.7. The van der Waals surface area contributed by atoms with Crippen molar-refractivity contribution in [2.75, 3.05) is 5.32 Å². The third-order valence-electron chi connectivity index (χ3n) is 4.77. The number of halogens is 2. The number of terminal acetylenes is 1. The Hall–Kier alpha value is -3.47. The quantitative estimate of drug-likeness (QED) is 0.797. The smallest absolute Gasteiger partial charge is 0.284 e. The molecule has 1 aromatic heterocycles. The molecule has 2 heterocycles. The maximum atomic E-state index is 14.7. The number of carbonyl (C=O) groups is 1. The Morgan fingerprint density at radius 2 is 2.07 bits per heavy atom. The number of ether oxygens (including phenoxy) is 1. The fourth-order valence-corrected chi connectivity index (χ4v) is 3.08. The van der Waals surface area contributed by atoms with Crippen molar-refractivity contribution in [2.45, 2.75) is 25.5 Å². The average molecular weight is 384 g/mol. The van der Waals surface area contributed by atoms with Crippen molar-refractivity contribution in [1.29, 1.82) is 0 Å². The van der Waals surface area contributed by atoms with Crippen molar-refractivity contribution in [3.8, 4) is 12.3 Å². The number of nitrogens with two attached hydrogens (primary N) is 1. The summed E-state index contributed by atoms with van der Waals surface area (Å²) in [5.74, 6) is 0.434. The highest BCUT2D eigenvalue weighted by molar-refractivity contribution is 6.02. The van der Waals surface area contributed by atoms with Gasteiger partial charge < -0.3 is 15.8 Å². The van der Waals surface area contributed by atoms with Crippen LogP contribution in [0.4, 0.5) is 14.5 Å². The van der Waals surface area contributed by atoms with Crippen molar-refractivity contribution < 1.29 is 18.3 Å². The Morgan fingerprint density at radius 1 is 1.32 bits per heavy atom. The Kier molecular flexibility index (Phi) is 5.01. The highest BCUT2D eigenvalue weighted by Crippen LogP contribution is 2.41. The number of pyridine rings is 1. The molecule has 0 saturated heterocycles. The summed E-state index contributed by atoms with van der Waals surface area (Å²) in [5.41, 5.74) is 4.72. The maximum Gasteiger partial charge on any atom is 0.284 e. The van der Waals surface area contributed by atoms with Crippen LogP contribution in [0, 0.1) is 29.9 Å². The number of amidine groups is 1. The molecule has 2 aromatic rings. The number of hydrogen-bond acceptors (Lipinski definition) is 5. The van der Waals surface area contributed by atoms with E-state index in [4.69, 9.17) is 16.9 Å². The number of rotatable bonds is 3. The van der Waals surface area contributed by atoms with Crippen LogP contribution in [0.25, 0.3) is 0 Å². The monoisotopic (exact) mass is 384 g/mol. The molecule has 1 amide bonds. The Bertz CT molecular complexity index is 985. The van der Waals surface area contributed by atoms with Crippen molar-refractivity contribution >= 4 is 17.6 Å². The molecule has 1 aliphatic heterocycles. The second kappa shape index (κ2) is 7.27. The molecule has 3 rings (SSSR count). The first-order valence-corrected chi connectivity index (χ1v) is 8.49. The molecule has 1 aliphatic rings. The van der Waals surface area contributed by atoms with Crippen molar-refractivity contribution in [2.24, 2.45) is 16.6 Å². The van der Waals surface area contributed by atoms with Gasteiger partial charge in [-0.2, -0.15) is 0 Å². The molecule has 0 radical (unpaired) electrons. The minimum Gasteiger partial charge on any atom is -0.462 e. The highest BCUT2D eigenvalue weighted by Gasteiger charge is 2.45. The Labute approximate surface area is 160 Å². The van der Waals surface area contributed by atoms with Gasteiger partial charge in [0.1, 0.15) is 23.4 Å². The molecule has 1 aromatic carbocycles. The number of carbonyl (C=O) groups excluding carboxylic acids is 1. The second-order valence-electron chi connectivity index (χ2n) is 6.48. The average Bonchev–Trinajstić information content (AvgIpc) is 2.67. The third-order valence-corrected chi connectivity index (χ3v) is 4.77. The molecule has 0 fully saturated rings. The molecule has 6 nitrogen and oxygen atoms in total. The van der Waals surface area contributed by atoms with E-state index in [0.717, 1.165) is 12.3 Å². The molecule has 3 N–H and O–H groups in total. The summed E-state index contributed by atoms with van der Waals surface area (Å²) >= 11 is 0.